The third-order valence-electron chi connectivity index (χ3n) is 7.13. The van der Waals surface area contributed by atoms with Crippen LogP contribution in [0.5, 0.6) is 0 Å². The van der Waals surface area contributed by atoms with E-state index in [0.29, 0.717) is 5.56 Å². The van der Waals surface area contributed by atoms with Gasteiger partial charge in [-0.2, -0.15) is 0 Å². The SMILES string of the molecule is Cc1cn([C@@H]2O[C@H](N3C(=O)CS[C@H]3[C@H]3C[C@H](n4cc(C)c(=O)[nH]c4=O)O[C@@H]3CO)[C@@H](O)[C@H]2O)c(=O)[nH]c1=O. The van der Waals surface area contributed by atoms with Gasteiger partial charge in [-0.3, -0.25) is 33.5 Å². The summed E-state index contributed by atoms with van der Waals surface area (Å²) in [6.07, 6.45) is -4.83. The van der Waals surface area contributed by atoms with E-state index in [1.165, 1.54) is 47.5 Å². The van der Waals surface area contributed by atoms with Gasteiger partial charge in [0.1, 0.15) is 18.4 Å². The molecule has 38 heavy (non-hydrogen) atoms. The number of hydrogen-bond donors (Lipinski definition) is 5. The number of H-pyrrole nitrogens is 2. The first-order chi connectivity index (χ1) is 18.0. The van der Waals surface area contributed by atoms with Crippen molar-refractivity contribution in [3.05, 3.63) is 65.2 Å². The van der Waals surface area contributed by atoms with E-state index in [0.717, 1.165) is 4.57 Å². The van der Waals surface area contributed by atoms with Crippen molar-refractivity contribution >= 4 is 17.7 Å². The van der Waals surface area contributed by atoms with Crippen LogP contribution in [0.4, 0.5) is 0 Å². The Kier molecular flexibility index (Phi) is 6.95. The van der Waals surface area contributed by atoms with Gasteiger partial charge in [-0.25, -0.2) is 9.59 Å². The number of ether oxygens (including phenoxy) is 2. The molecule has 0 unspecified atom stereocenters. The molecule has 16 heteroatoms. The summed E-state index contributed by atoms with van der Waals surface area (Å²) in [4.78, 5) is 66.9. The maximum Gasteiger partial charge on any atom is 0.330 e. The average molecular weight is 554 g/mol. The number of nitrogens with one attached hydrogen (secondary N) is 2. The molecule has 3 aliphatic heterocycles. The Hall–Kier alpha value is -3.02. The van der Waals surface area contributed by atoms with Gasteiger partial charge in [-0.1, -0.05) is 0 Å². The highest BCUT2D eigenvalue weighted by atomic mass is 32.2. The van der Waals surface area contributed by atoms with Crippen LogP contribution in [0.1, 0.15) is 30.0 Å². The van der Waals surface area contributed by atoms with Crippen molar-refractivity contribution in [3.8, 4) is 0 Å². The van der Waals surface area contributed by atoms with E-state index in [1.807, 2.05) is 0 Å². The van der Waals surface area contributed by atoms with Crippen LogP contribution in [-0.4, -0.2) is 87.5 Å². The van der Waals surface area contributed by atoms with Gasteiger partial charge in [-0.15, -0.1) is 11.8 Å². The smallest absolute Gasteiger partial charge is 0.330 e. The number of aryl methyl sites for hydroxylation is 2. The monoisotopic (exact) mass is 553 g/mol. The van der Waals surface area contributed by atoms with Crippen LogP contribution in [0.25, 0.3) is 0 Å². The number of carbonyl (C=O) groups is 1. The number of aromatic amines is 2. The molecule has 0 aromatic carbocycles. The minimum Gasteiger partial charge on any atom is -0.394 e. The first-order valence-corrected chi connectivity index (χ1v) is 12.9. The molecular weight excluding hydrogens is 526 g/mol. The molecule has 1 amide bonds. The number of rotatable bonds is 5. The van der Waals surface area contributed by atoms with E-state index in [1.54, 1.807) is 0 Å². The molecule has 0 spiro atoms. The molecule has 15 nitrogen and oxygen atoms in total. The number of aliphatic hydroxyl groups excluding tert-OH is 3. The molecule has 3 saturated heterocycles. The number of aliphatic hydroxyl groups is 3. The van der Waals surface area contributed by atoms with Crippen LogP contribution in [0.15, 0.2) is 31.6 Å². The Labute approximate surface area is 217 Å². The predicted molar refractivity (Wildman–Crippen MR) is 130 cm³/mol. The molecule has 3 aliphatic rings. The molecule has 2 aromatic heterocycles. The number of amides is 1. The lowest BCUT2D eigenvalue weighted by Crippen LogP contribution is -2.51. The van der Waals surface area contributed by atoms with Crippen LogP contribution in [0.3, 0.4) is 0 Å². The van der Waals surface area contributed by atoms with Gasteiger partial charge in [0, 0.05) is 35.9 Å². The molecule has 5 N–H and O–H groups in total. The van der Waals surface area contributed by atoms with Crippen LogP contribution in [0, 0.1) is 19.8 Å². The van der Waals surface area contributed by atoms with Crippen molar-refractivity contribution in [2.75, 3.05) is 12.4 Å². The Balaban J connectivity index is 1.43. The largest absolute Gasteiger partial charge is 0.394 e. The van der Waals surface area contributed by atoms with Gasteiger partial charge >= 0.3 is 11.4 Å². The Bertz CT molecular complexity index is 1480. The fourth-order valence-electron chi connectivity index (χ4n) is 5.15. The number of aromatic nitrogens is 4. The second-order valence-corrected chi connectivity index (χ2v) is 10.7. The van der Waals surface area contributed by atoms with E-state index in [9.17, 15) is 39.3 Å². The lowest BCUT2D eigenvalue weighted by Gasteiger charge is -2.35. The fraction of sp³-hybridized carbons (Fsp3) is 0.591. The zero-order valence-electron chi connectivity index (χ0n) is 20.3. The van der Waals surface area contributed by atoms with Gasteiger partial charge in [-0.05, 0) is 13.8 Å². The summed E-state index contributed by atoms with van der Waals surface area (Å²) in [6, 6.07) is 0. The van der Waals surface area contributed by atoms with Crippen molar-refractivity contribution < 1.29 is 29.6 Å². The highest BCUT2D eigenvalue weighted by Gasteiger charge is 2.55. The summed E-state index contributed by atoms with van der Waals surface area (Å²) in [5, 5.41) is 31.0. The van der Waals surface area contributed by atoms with Gasteiger partial charge < -0.3 is 29.7 Å². The number of hydrogen-bond acceptors (Lipinski definition) is 11. The Morgan fingerprint density at radius 2 is 1.50 bits per heavy atom. The molecular formula is C22H27N5O10S. The van der Waals surface area contributed by atoms with Crippen LogP contribution in [-0.2, 0) is 14.3 Å². The Morgan fingerprint density at radius 1 is 0.921 bits per heavy atom. The zero-order valence-corrected chi connectivity index (χ0v) is 21.2. The highest BCUT2D eigenvalue weighted by Crippen LogP contribution is 2.45. The van der Waals surface area contributed by atoms with Crippen LogP contribution in [0.2, 0.25) is 0 Å². The third kappa shape index (κ3) is 4.36. The lowest BCUT2D eigenvalue weighted by molar-refractivity contribution is -0.155. The van der Waals surface area contributed by atoms with Crippen molar-refractivity contribution in [2.45, 2.75) is 62.6 Å². The topological polar surface area (TPSA) is 209 Å². The van der Waals surface area contributed by atoms with E-state index < -0.39 is 83.3 Å². The molecule has 206 valence electrons. The van der Waals surface area contributed by atoms with Gasteiger partial charge in [0.2, 0.25) is 5.91 Å². The lowest BCUT2D eigenvalue weighted by atomic mass is 9.99. The van der Waals surface area contributed by atoms with E-state index in [-0.39, 0.29) is 17.7 Å². The molecule has 2 aromatic rings. The van der Waals surface area contributed by atoms with Gasteiger partial charge in [0.05, 0.1) is 23.8 Å². The molecule has 5 rings (SSSR count). The van der Waals surface area contributed by atoms with Crippen molar-refractivity contribution in [1.29, 1.82) is 0 Å². The Morgan fingerprint density at radius 3 is 2.13 bits per heavy atom. The first-order valence-electron chi connectivity index (χ1n) is 11.9. The quantitative estimate of drug-likeness (QED) is 0.253. The summed E-state index contributed by atoms with van der Waals surface area (Å²) in [7, 11) is 0. The maximum atomic E-state index is 13.0. The van der Waals surface area contributed by atoms with Crippen LogP contribution < -0.4 is 22.5 Å². The normalized spacial score (nSPS) is 33.4. The zero-order chi connectivity index (χ0) is 27.5. The molecule has 0 saturated carbocycles. The van der Waals surface area contributed by atoms with Crippen molar-refractivity contribution in [2.24, 2.45) is 5.92 Å². The predicted octanol–water partition coefficient (Wildman–Crippen LogP) is -2.92. The van der Waals surface area contributed by atoms with E-state index >= 15 is 0 Å². The number of thioether (sulfide) groups is 1. The molecule has 5 heterocycles. The van der Waals surface area contributed by atoms with Crippen LogP contribution >= 0.6 is 11.8 Å². The molecule has 0 radical (unpaired) electrons. The summed E-state index contributed by atoms with van der Waals surface area (Å²) >= 11 is 1.23. The molecule has 3 fully saturated rings. The summed E-state index contributed by atoms with van der Waals surface area (Å²) in [6.45, 7) is 2.57. The van der Waals surface area contributed by atoms with Gasteiger partial charge in [0.15, 0.2) is 12.5 Å². The molecule has 0 aliphatic carbocycles. The first kappa shape index (κ1) is 26.6. The summed E-state index contributed by atoms with van der Waals surface area (Å²) in [5.41, 5.74) is -2.21. The van der Waals surface area contributed by atoms with Crippen molar-refractivity contribution in [3.63, 3.8) is 0 Å². The standard InChI is InChI=1S/C22H27N5O10S/c1-8-4-25(21(34)23-16(8)32)13-3-10(11(6-28)36-13)20-27(12(29)7-38-20)19-15(31)14(30)18(37-19)26-5-9(2)17(33)24-22(26)35/h4-5,10-11,13-15,18-20,28,30-31H,3,6-7H2,1-2H3,(H,23,32,34)(H,24,33,35)/t10-,11+,13+,14+,15-,18+,19-,20-/m0/s1. The van der Waals surface area contributed by atoms with Crippen molar-refractivity contribution in [1.82, 2.24) is 24.0 Å². The second kappa shape index (κ2) is 9.94. The van der Waals surface area contributed by atoms with E-state index in [4.69, 9.17) is 9.47 Å². The summed E-state index contributed by atoms with van der Waals surface area (Å²) in [5.74, 6) is -0.906. The minimum absolute atomic E-state index is 0.0206. The number of nitrogens with zero attached hydrogens (tertiary/aromatic N) is 3. The summed E-state index contributed by atoms with van der Waals surface area (Å²) < 4.78 is 14.0. The third-order valence-corrected chi connectivity index (χ3v) is 8.46. The number of carbonyl (C=O) groups excluding carboxylic acids is 1. The molecule has 0 bridgehead atoms. The highest BCUT2D eigenvalue weighted by molar-refractivity contribution is 8.01. The van der Waals surface area contributed by atoms with E-state index in [2.05, 4.69) is 9.97 Å². The molecule has 8 atom stereocenters. The maximum absolute atomic E-state index is 13.0. The minimum atomic E-state index is -1.61. The fourth-order valence-corrected chi connectivity index (χ4v) is 6.54. The average Bonchev–Trinajstić information content (AvgIpc) is 3.54. The second-order valence-electron chi connectivity index (χ2n) is 9.57. The van der Waals surface area contributed by atoms with Gasteiger partial charge in [0.25, 0.3) is 11.1 Å².